The Morgan fingerprint density at radius 2 is 1.82 bits per heavy atom. The maximum Gasteiger partial charge on any atom is 0.192 e. The van der Waals surface area contributed by atoms with Gasteiger partial charge >= 0.3 is 0 Å². The Labute approximate surface area is 231 Å². The van der Waals surface area contributed by atoms with E-state index in [1.54, 1.807) is 6.20 Å². The van der Waals surface area contributed by atoms with Gasteiger partial charge in [0.1, 0.15) is 12.4 Å². The molecule has 6 nitrogen and oxygen atoms in total. The molecule has 0 radical (unpaired) electrons. The Balaban J connectivity index is 1.35. The molecule has 8 heteroatoms. The van der Waals surface area contributed by atoms with Crippen LogP contribution >= 0.6 is 0 Å². The van der Waals surface area contributed by atoms with E-state index in [4.69, 9.17) is 9.16 Å². The number of aromatic nitrogens is 2. The predicted octanol–water partition coefficient (Wildman–Crippen LogP) is 7.54. The largest absolute Gasteiger partial charge is 0.411 e. The van der Waals surface area contributed by atoms with Crippen molar-refractivity contribution < 1.29 is 14.0 Å². The third-order valence-electron chi connectivity index (χ3n) is 9.98. The minimum Gasteiger partial charge on any atom is -0.411 e. The average molecular weight is 556 g/mol. The summed E-state index contributed by atoms with van der Waals surface area (Å²) in [6.07, 6.45) is 10.8. The van der Waals surface area contributed by atoms with E-state index in [1.807, 2.05) is 6.20 Å². The smallest absolute Gasteiger partial charge is 0.192 e. The van der Waals surface area contributed by atoms with E-state index in [9.17, 15) is 4.79 Å². The molecule has 0 aliphatic heterocycles. The number of anilines is 1. The monoisotopic (exact) mass is 555 g/mol. The first-order chi connectivity index (χ1) is 17.7. The van der Waals surface area contributed by atoms with Crippen molar-refractivity contribution in [3.63, 3.8) is 0 Å². The first kappa shape index (κ1) is 28.1. The lowest BCUT2D eigenvalue weighted by Gasteiger charge is -2.62. The number of aldehydes is 1. The van der Waals surface area contributed by atoms with Gasteiger partial charge < -0.3 is 19.0 Å². The van der Waals surface area contributed by atoms with Gasteiger partial charge in [0.05, 0.1) is 16.9 Å². The summed E-state index contributed by atoms with van der Waals surface area (Å²) in [5.74, 6) is 1.94. The van der Waals surface area contributed by atoms with E-state index < -0.39 is 16.4 Å². The second-order valence-corrected chi connectivity index (χ2v) is 25.6. The molecule has 0 aromatic carbocycles. The molecular formula is C30H49N3O3Si2. The van der Waals surface area contributed by atoms with Crippen molar-refractivity contribution in [2.24, 2.45) is 17.8 Å². The van der Waals surface area contributed by atoms with Crippen LogP contribution in [0.3, 0.4) is 0 Å². The molecule has 2 atom stereocenters. The number of nitrogens with one attached hydrogen (secondary N) is 1. The summed E-state index contributed by atoms with van der Waals surface area (Å²) in [7, 11) is -2.97. The third kappa shape index (κ3) is 5.43. The molecule has 2 aromatic rings. The third-order valence-corrected chi connectivity index (χ3v) is 16.2. The van der Waals surface area contributed by atoms with Crippen LogP contribution in [0.5, 0.6) is 0 Å². The van der Waals surface area contributed by atoms with Gasteiger partial charge in [-0.25, -0.2) is 4.98 Å². The SMILES string of the molecule is CC(C)(C)[Si](C)(C)OC12CC3CC(C1)C(Nc1c(C=O)cnc4c1ccn4COCC[Si](C)(C)C)C(C3)C2. The topological polar surface area (TPSA) is 65.4 Å². The number of carbonyl (C=O) groups is 1. The highest BCUT2D eigenvalue weighted by Gasteiger charge is 2.58. The molecule has 210 valence electrons. The highest BCUT2D eigenvalue weighted by molar-refractivity contribution is 6.76. The molecule has 4 fully saturated rings. The van der Waals surface area contributed by atoms with E-state index in [2.05, 4.69) is 74.4 Å². The summed E-state index contributed by atoms with van der Waals surface area (Å²) in [5.41, 5.74) is 2.53. The minimum atomic E-state index is -1.85. The molecule has 38 heavy (non-hydrogen) atoms. The number of nitrogens with zero attached hydrogens (tertiary/aromatic N) is 2. The molecule has 0 saturated heterocycles. The second-order valence-electron chi connectivity index (χ2n) is 15.3. The van der Waals surface area contributed by atoms with E-state index in [1.165, 1.54) is 19.3 Å². The second kappa shape index (κ2) is 9.86. The van der Waals surface area contributed by atoms with Gasteiger partial charge in [0.25, 0.3) is 0 Å². The number of pyridine rings is 1. The molecule has 4 bridgehead atoms. The van der Waals surface area contributed by atoms with Crippen molar-refractivity contribution in [3.05, 3.63) is 24.0 Å². The summed E-state index contributed by atoms with van der Waals surface area (Å²) in [4.78, 5) is 16.8. The maximum atomic E-state index is 12.1. The van der Waals surface area contributed by atoms with Crippen LogP contribution in [0.25, 0.3) is 11.0 Å². The van der Waals surface area contributed by atoms with Gasteiger partial charge in [-0.1, -0.05) is 40.4 Å². The Morgan fingerprint density at radius 1 is 1.13 bits per heavy atom. The van der Waals surface area contributed by atoms with Crippen molar-refractivity contribution in [2.75, 3.05) is 11.9 Å². The molecule has 2 aromatic heterocycles. The van der Waals surface area contributed by atoms with Crippen LogP contribution in [-0.4, -0.2) is 50.5 Å². The number of carbonyl (C=O) groups excluding carboxylic acids is 1. The highest BCUT2D eigenvalue weighted by atomic mass is 28.4. The zero-order valence-corrected chi connectivity index (χ0v) is 26.9. The van der Waals surface area contributed by atoms with Crippen LogP contribution in [0.4, 0.5) is 5.69 Å². The molecule has 2 heterocycles. The van der Waals surface area contributed by atoms with Crippen molar-refractivity contribution >= 4 is 39.4 Å². The number of hydrogen-bond acceptors (Lipinski definition) is 5. The average Bonchev–Trinajstić information content (AvgIpc) is 3.20. The lowest BCUT2D eigenvalue weighted by molar-refractivity contribution is -0.120. The van der Waals surface area contributed by atoms with Crippen LogP contribution in [0.1, 0.15) is 63.2 Å². The molecule has 4 aliphatic carbocycles. The Bertz CT molecular complexity index is 1160. The first-order valence-corrected chi connectivity index (χ1v) is 21.3. The fourth-order valence-electron chi connectivity index (χ4n) is 7.22. The maximum absolute atomic E-state index is 12.1. The highest BCUT2D eigenvalue weighted by Crippen LogP contribution is 2.59. The van der Waals surface area contributed by atoms with Crippen molar-refractivity contribution in [3.8, 4) is 0 Å². The van der Waals surface area contributed by atoms with Gasteiger partial charge in [0, 0.05) is 38.5 Å². The van der Waals surface area contributed by atoms with E-state index in [0.29, 0.717) is 30.2 Å². The van der Waals surface area contributed by atoms with Crippen molar-refractivity contribution in [1.29, 1.82) is 0 Å². The number of fused-ring (bicyclic) bond motifs is 1. The van der Waals surface area contributed by atoms with Gasteiger partial charge in [0.15, 0.2) is 14.6 Å². The quantitative estimate of drug-likeness (QED) is 0.186. The summed E-state index contributed by atoms with van der Waals surface area (Å²) >= 11 is 0. The Morgan fingerprint density at radius 3 is 2.42 bits per heavy atom. The van der Waals surface area contributed by atoms with Crippen molar-refractivity contribution in [1.82, 2.24) is 9.55 Å². The van der Waals surface area contributed by atoms with Gasteiger partial charge in [0.2, 0.25) is 0 Å². The van der Waals surface area contributed by atoms with E-state index >= 15 is 0 Å². The summed E-state index contributed by atoms with van der Waals surface area (Å²) in [6.45, 7) is 20.2. The molecule has 0 amide bonds. The van der Waals surface area contributed by atoms with Gasteiger partial charge in [-0.15, -0.1) is 0 Å². The van der Waals surface area contributed by atoms with Crippen LogP contribution in [0.15, 0.2) is 18.5 Å². The Hall–Kier alpha value is -1.49. The van der Waals surface area contributed by atoms with Crippen LogP contribution < -0.4 is 5.32 Å². The molecule has 4 aliphatic rings. The molecule has 0 spiro atoms. The summed E-state index contributed by atoms with van der Waals surface area (Å²) in [6, 6.07) is 3.62. The lowest BCUT2D eigenvalue weighted by Crippen LogP contribution is -2.63. The zero-order valence-electron chi connectivity index (χ0n) is 24.9. The fourth-order valence-corrected chi connectivity index (χ4v) is 9.62. The molecular weight excluding hydrogens is 507 g/mol. The van der Waals surface area contributed by atoms with E-state index in [-0.39, 0.29) is 10.6 Å². The van der Waals surface area contributed by atoms with E-state index in [0.717, 1.165) is 54.4 Å². The molecule has 1 N–H and O–H groups in total. The molecule has 2 unspecified atom stereocenters. The normalized spacial score (nSPS) is 29.3. The standard InChI is InChI=1S/C30H49N3O3Si2/c1-29(2,3)38(7,8)36-30-15-21-13-22(16-30)26(23(14-21)17-30)32-27-24(19-34)18-31-28-25(27)9-10-33(28)20-35-11-12-37(4,5)6/h9-10,18-19,21-23,26H,11-17,20H2,1-8H3,(H,31,32). The summed E-state index contributed by atoms with van der Waals surface area (Å²) < 4.78 is 15.3. The first-order valence-electron chi connectivity index (χ1n) is 14.7. The molecule has 4 saturated carbocycles. The van der Waals surface area contributed by atoms with Gasteiger partial charge in [-0.05, 0) is 80.1 Å². The lowest BCUT2D eigenvalue weighted by atomic mass is 9.52. The van der Waals surface area contributed by atoms with Crippen LogP contribution in [0.2, 0.25) is 43.8 Å². The minimum absolute atomic E-state index is 0.0509. The Kier molecular flexibility index (Phi) is 7.28. The number of rotatable bonds is 10. The number of ether oxygens (including phenoxy) is 1. The van der Waals surface area contributed by atoms with Crippen molar-refractivity contribution in [2.45, 2.75) is 115 Å². The van der Waals surface area contributed by atoms with Gasteiger partial charge in [-0.3, -0.25) is 4.79 Å². The van der Waals surface area contributed by atoms with Crippen LogP contribution in [0, 0.1) is 17.8 Å². The molecule has 6 rings (SSSR count). The predicted molar refractivity (Wildman–Crippen MR) is 161 cm³/mol. The zero-order chi connectivity index (χ0) is 27.5. The number of hydrogen-bond donors (Lipinski definition) is 1. The fraction of sp³-hybridized carbons (Fsp3) is 0.733. The van der Waals surface area contributed by atoms with Crippen LogP contribution in [-0.2, 0) is 15.9 Å². The van der Waals surface area contributed by atoms with Gasteiger partial charge in [-0.2, -0.15) is 0 Å². The summed E-state index contributed by atoms with van der Waals surface area (Å²) in [5, 5.41) is 5.17.